The van der Waals surface area contributed by atoms with Crippen molar-refractivity contribution in [2.45, 2.75) is 13.3 Å². The predicted molar refractivity (Wildman–Crippen MR) is 83.0 cm³/mol. The maximum atomic E-state index is 11.4. The number of halogens is 2. The molecule has 0 heterocycles. The first-order valence-electron chi connectivity index (χ1n) is 5.54. The molecule has 0 saturated heterocycles. The lowest BCUT2D eigenvalue weighted by Crippen LogP contribution is -2.07. The SMILES string of the molecule is CC/C(=C/CNc1ccc(I)cc1Cl)C(=O)OC. The highest BCUT2D eigenvalue weighted by Gasteiger charge is 2.06. The number of anilines is 1. The van der Waals surface area contributed by atoms with E-state index >= 15 is 0 Å². The first-order valence-corrected chi connectivity index (χ1v) is 7.00. The van der Waals surface area contributed by atoms with E-state index in [0.29, 0.717) is 23.6 Å². The van der Waals surface area contributed by atoms with Gasteiger partial charge in [-0.05, 0) is 47.2 Å². The van der Waals surface area contributed by atoms with E-state index in [0.717, 1.165) is 9.26 Å². The summed E-state index contributed by atoms with van der Waals surface area (Å²) >= 11 is 8.29. The first kappa shape index (κ1) is 15.3. The van der Waals surface area contributed by atoms with Crippen molar-refractivity contribution in [1.82, 2.24) is 0 Å². The molecule has 0 unspecified atom stereocenters. The fourth-order valence-electron chi connectivity index (χ4n) is 1.42. The van der Waals surface area contributed by atoms with Gasteiger partial charge in [-0.1, -0.05) is 24.6 Å². The van der Waals surface area contributed by atoms with Gasteiger partial charge in [-0.15, -0.1) is 0 Å². The molecule has 1 rings (SSSR count). The number of ether oxygens (including phenoxy) is 1. The van der Waals surface area contributed by atoms with Crippen LogP contribution in [-0.2, 0) is 9.53 Å². The lowest BCUT2D eigenvalue weighted by Gasteiger charge is -2.07. The number of hydrogen-bond donors (Lipinski definition) is 1. The molecule has 0 aromatic heterocycles. The van der Waals surface area contributed by atoms with Gasteiger partial charge in [0, 0.05) is 15.7 Å². The third-order valence-corrected chi connectivity index (χ3v) is 3.38. The van der Waals surface area contributed by atoms with Gasteiger partial charge < -0.3 is 10.1 Å². The van der Waals surface area contributed by atoms with Crippen molar-refractivity contribution >= 4 is 45.8 Å². The molecule has 3 nitrogen and oxygen atoms in total. The normalized spacial score (nSPS) is 11.2. The largest absolute Gasteiger partial charge is 0.466 e. The maximum Gasteiger partial charge on any atom is 0.333 e. The molecule has 0 bridgehead atoms. The molecule has 0 aliphatic heterocycles. The molecule has 1 N–H and O–H groups in total. The summed E-state index contributed by atoms with van der Waals surface area (Å²) < 4.78 is 5.77. The lowest BCUT2D eigenvalue weighted by molar-refractivity contribution is -0.136. The average molecular weight is 380 g/mol. The Morgan fingerprint density at radius 1 is 1.56 bits per heavy atom. The molecule has 0 saturated carbocycles. The molecule has 0 amide bonds. The van der Waals surface area contributed by atoms with Crippen LogP contribution in [0.4, 0.5) is 5.69 Å². The van der Waals surface area contributed by atoms with Crippen LogP contribution in [0.5, 0.6) is 0 Å². The number of methoxy groups -OCH3 is 1. The predicted octanol–water partition coefficient (Wildman–Crippen LogP) is 3.87. The number of benzene rings is 1. The van der Waals surface area contributed by atoms with E-state index in [-0.39, 0.29) is 5.97 Å². The van der Waals surface area contributed by atoms with Gasteiger partial charge in [-0.25, -0.2) is 4.79 Å². The zero-order chi connectivity index (χ0) is 13.5. The summed E-state index contributed by atoms with van der Waals surface area (Å²) in [6.07, 6.45) is 2.47. The van der Waals surface area contributed by atoms with Gasteiger partial charge in [0.05, 0.1) is 17.8 Å². The van der Waals surface area contributed by atoms with Crippen LogP contribution in [0.25, 0.3) is 0 Å². The second-order valence-electron chi connectivity index (χ2n) is 3.58. The Kier molecular flexibility index (Phi) is 6.49. The standard InChI is InChI=1S/C13H15ClINO2/c1-3-9(13(17)18-2)6-7-16-12-5-4-10(15)8-11(12)14/h4-6,8,16H,3,7H2,1-2H3/b9-6-. The van der Waals surface area contributed by atoms with E-state index in [4.69, 9.17) is 11.6 Å². The Hall–Kier alpha value is -0.750. The summed E-state index contributed by atoms with van der Waals surface area (Å²) in [7, 11) is 1.38. The van der Waals surface area contributed by atoms with Gasteiger partial charge in [0.25, 0.3) is 0 Å². The van der Waals surface area contributed by atoms with Crippen LogP contribution in [0.3, 0.4) is 0 Å². The van der Waals surface area contributed by atoms with Crippen molar-refractivity contribution in [1.29, 1.82) is 0 Å². The monoisotopic (exact) mass is 379 g/mol. The summed E-state index contributed by atoms with van der Waals surface area (Å²) in [6, 6.07) is 5.77. The van der Waals surface area contributed by atoms with E-state index in [1.54, 1.807) is 0 Å². The Labute approximate surface area is 126 Å². The van der Waals surface area contributed by atoms with Gasteiger partial charge in [-0.3, -0.25) is 0 Å². The molecule has 1 aromatic carbocycles. The lowest BCUT2D eigenvalue weighted by atomic mass is 10.2. The number of carbonyl (C=O) groups excluding carboxylic acids is 1. The first-order chi connectivity index (χ1) is 8.58. The number of hydrogen-bond acceptors (Lipinski definition) is 3. The summed E-state index contributed by atoms with van der Waals surface area (Å²) in [5.41, 5.74) is 1.51. The minimum absolute atomic E-state index is 0.284. The summed E-state index contributed by atoms with van der Waals surface area (Å²) in [5.74, 6) is -0.284. The van der Waals surface area contributed by atoms with Crippen LogP contribution in [0.1, 0.15) is 13.3 Å². The van der Waals surface area contributed by atoms with Crippen molar-refractivity contribution in [3.8, 4) is 0 Å². The summed E-state index contributed by atoms with van der Waals surface area (Å²) in [6.45, 7) is 2.46. The summed E-state index contributed by atoms with van der Waals surface area (Å²) in [4.78, 5) is 11.4. The van der Waals surface area contributed by atoms with Gasteiger partial charge >= 0.3 is 5.97 Å². The highest BCUT2D eigenvalue weighted by atomic mass is 127. The fraction of sp³-hybridized carbons (Fsp3) is 0.308. The third-order valence-electron chi connectivity index (χ3n) is 2.40. The zero-order valence-corrected chi connectivity index (χ0v) is 13.2. The Bertz CT molecular complexity index is 460. The van der Waals surface area contributed by atoms with E-state index in [2.05, 4.69) is 32.6 Å². The Morgan fingerprint density at radius 3 is 2.83 bits per heavy atom. The number of carbonyl (C=O) groups is 1. The molecule has 0 aliphatic rings. The minimum Gasteiger partial charge on any atom is -0.466 e. The van der Waals surface area contributed by atoms with Crippen LogP contribution in [0.2, 0.25) is 5.02 Å². The molecule has 0 fully saturated rings. The Morgan fingerprint density at radius 2 is 2.28 bits per heavy atom. The van der Waals surface area contributed by atoms with Gasteiger partial charge in [-0.2, -0.15) is 0 Å². The number of nitrogens with one attached hydrogen (secondary N) is 1. The van der Waals surface area contributed by atoms with E-state index in [9.17, 15) is 4.79 Å². The van der Waals surface area contributed by atoms with Crippen LogP contribution >= 0.6 is 34.2 Å². The summed E-state index contributed by atoms with van der Waals surface area (Å²) in [5, 5.41) is 3.84. The number of rotatable bonds is 5. The van der Waals surface area contributed by atoms with Crippen LogP contribution in [-0.4, -0.2) is 19.6 Å². The number of esters is 1. The maximum absolute atomic E-state index is 11.4. The third kappa shape index (κ3) is 4.49. The molecule has 0 atom stereocenters. The van der Waals surface area contributed by atoms with Crippen molar-refractivity contribution in [2.24, 2.45) is 0 Å². The molecule has 98 valence electrons. The second kappa shape index (κ2) is 7.63. The van der Waals surface area contributed by atoms with Gasteiger partial charge in [0.15, 0.2) is 0 Å². The van der Waals surface area contributed by atoms with Gasteiger partial charge in [0.1, 0.15) is 0 Å². The van der Waals surface area contributed by atoms with E-state index in [1.165, 1.54) is 7.11 Å². The molecule has 0 aliphatic carbocycles. The van der Waals surface area contributed by atoms with E-state index in [1.807, 2.05) is 31.2 Å². The highest BCUT2D eigenvalue weighted by molar-refractivity contribution is 14.1. The quantitative estimate of drug-likeness (QED) is 0.479. The topological polar surface area (TPSA) is 38.3 Å². The van der Waals surface area contributed by atoms with E-state index < -0.39 is 0 Å². The fourth-order valence-corrected chi connectivity index (χ4v) is 2.34. The zero-order valence-electron chi connectivity index (χ0n) is 10.3. The molecule has 5 heteroatoms. The van der Waals surface area contributed by atoms with Crippen molar-refractivity contribution < 1.29 is 9.53 Å². The molecule has 0 spiro atoms. The second-order valence-corrected chi connectivity index (χ2v) is 5.23. The molecule has 0 radical (unpaired) electrons. The molecular formula is C13H15ClINO2. The molecule has 1 aromatic rings. The highest BCUT2D eigenvalue weighted by Crippen LogP contribution is 2.23. The minimum atomic E-state index is -0.284. The van der Waals surface area contributed by atoms with Crippen LogP contribution in [0, 0.1) is 3.57 Å². The van der Waals surface area contributed by atoms with Crippen LogP contribution in [0.15, 0.2) is 29.8 Å². The smallest absolute Gasteiger partial charge is 0.333 e. The van der Waals surface area contributed by atoms with Crippen LogP contribution < -0.4 is 5.32 Å². The van der Waals surface area contributed by atoms with Crippen molar-refractivity contribution in [2.75, 3.05) is 19.0 Å². The van der Waals surface area contributed by atoms with Gasteiger partial charge in [0.2, 0.25) is 0 Å². The molecular weight excluding hydrogens is 365 g/mol. The molecule has 18 heavy (non-hydrogen) atoms. The Balaban J connectivity index is 2.65. The van der Waals surface area contributed by atoms with Crippen molar-refractivity contribution in [3.63, 3.8) is 0 Å². The average Bonchev–Trinajstić information content (AvgIpc) is 2.36. The van der Waals surface area contributed by atoms with Crippen molar-refractivity contribution in [3.05, 3.63) is 38.4 Å².